The van der Waals surface area contributed by atoms with Gasteiger partial charge in [-0.25, -0.2) is 4.68 Å². The summed E-state index contributed by atoms with van der Waals surface area (Å²) in [6, 6.07) is -2.58. The molecule has 0 aliphatic rings. The summed E-state index contributed by atoms with van der Waals surface area (Å²) in [5.74, 6) is -4.31. The first-order valence-electron chi connectivity index (χ1n) is 10.6. The van der Waals surface area contributed by atoms with Crippen LogP contribution in [0, 0.1) is 0 Å². The molecule has 0 bridgehead atoms. The second-order valence-corrected chi connectivity index (χ2v) is 8.99. The summed E-state index contributed by atoms with van der Waals surface area (Å²) in [4.78, 5) is 63.7. The van der Waals surface area contributed by atoms with Crippen LogP contribution in [0.15, 0.2) is 15.0 Å². The van der Waals surface area contributed by atoms with Crippen LogP contribution in [-0.4, -0.2) is 107 Å². The Labute approximate surface area is 217 Å². The van der Waals surface area contributed by atoms with E-state index in [4.69, 9.17) is 25.8 Å². The molecule has 0 unspecified atom stereocenters. The lowest BCUT2D eigenvalue weighted by atomic mass is 10.1. The first-order chi connectivity index (χ1) is 17.6. The molecule has 2 rings (SSSR count). The predicted octanol–water partition coefficient (Wildman–Crippen LogP) is -3.06. The van der Waals surface area contributed by atoms with E-state index in [1.165, 1.54) is 16.4 Å². The average molecular weight is 563 g/mol. The number of fused-ring (bicyclic) bond motifs is 1. The number of nitrogens with two attached hydrogens (primary N) is 1. The maximum Gasteiger partial charge on any atom is 0.322 e. The van der Waals surface area contributed by atoms with Crippen molar-refractivity contribution >= 4 is 53.1 Å². The van der Waals surface area contributed by atoms with Gasteiger partial charge in [0, 0.05) is 12.2 Å². The van der Waals surface area contributed by atoms with Gasteiger partial charge in [0.05, 0.1) is 13.2 Å². The summed E-state index contributed by atoms with van der Waals surface area (Å²) in [5.41, 5.74) is 4.73. The number of aliphatic carboxylic acids is 2. The predicted molar refractivity (Wildman–Crippen MR) is 128 cm³/mol. The van der Waals surface area contributed by atoms with Gasteiger partial charge in [-0.05, 0) is 12.7 Å². The van der Waals surface area contributed by atoms with Crippen LogP contribution < -0.4 is 21.9 Å². The van der Waals surface area contributed by atoms with Crippen LogP contribution in [0.3, 0.4) is 0 Å². The third-order valence-electron chi connectivity index (χ3n) is 4.47. The molecule has 0 fully saturated rings. The number of aliphatic hydroxyl groups is 1. The van der Waals surface area contributed by atoms with E-state index in [-0.39, 0.29) is 54.5 Å². The third-order valence-corrected chi connectivity index (χ3v) is 6.04. The van der Waals surface area contributed by atoms with E-state index in [0.717, 1.165) is 16.3 Å². The Bertz CT molecular complexity index is 1190. The van der Waals surface area contributed by atoms with Gasteiger partial charge in [0.15, 0.2) is 5.03 Å². The second-order valence-electron chi connectivity index (χ2n) is 7.21. The molecule has 2 heterocycles. The zero-order chi connectivity index (χ0) is 27.5. The Kier molecular flexibility index (Phi) is 11.7. The van der Waals surface area contributed by atoms with E-state index in [9.17, 15) is 24.0 Å². The Hall–Kier alpha value is -3.26. The highest BCUT2D eigenvalue weighted by molar-refractivity contribution is 7.99. The summed E-state index contributed by atoms with van der Waals surface area (Å²) in [6.07, 6.45) is 1.20. The normalized spacial score (nSPS) is 12.7. The molecule has 19 heteroatoms. The van der Waals surface area contributed by atoms with Crippen molar-refractivity contribution in [3.05, 3.63) is 10.4 Å². The number of hydrogen-bond donors (Lipinski definition) is 6. The highest BCUT2D eigenvalue weighted by Gasteiger charge is 2.24. The fraction of sp³-hybridized carbons (Fsp3) is 0.556. The largest absolute Gasteiger partial charge is 0.480 e. The van der Waals surface area contributed by atoms with Gasteiger partial charge in [-0.2, -0.15) is 14.6 Å². The number of ether oxygens (including phenoxy) is 1. The Morgan fingerprint density at radius 3 is 2.57 bits per heavy atom. The Morgan fingerprint density at radius 2 is 1.95 bits per heavy atom. The minimum atomic E-state index is -1.31. The molecule has 0 aliphatic carbocycles. The number of rotatable bonds is 16. The van der Waals surface area contributed by atoms with Crippen LogP contribution in [0.5, 0.6) is 0 Å². The third kappa shape index (κ3) is 8.97. The molecule has 17 nitrogen and oxygen atoms in total. The molecule has 0 aromatic carbocycles. The molecule has 204 valence electrons. The van der Waals surface area contributed by atoms with Crippen LogP contribution in [0.25, 0.3) is 5.78 Å². The SMILES string of the molecule is CSc1nc2n(COCCO)nc(SC[C@H](NC(=O)CC[C@H](N)C(=O)O)C(=O)NCC(=O)O)c(=O)n2n1. The first-order valence-corrected chi connectivity index (χ1v) is 12.8. The topological polar surface area (TPSA) is 253 Å². The van der Waals surface area contributed by atoms with Gasteiger partial charge in [-0.3, -0.25) is 24.0 Å². The number of carboxylic acids is 2. The van der Waals surface area contributed by atoms with Crippen molar-refractivity contribution in [1.29, 1.82) is 0 Å². The number of nitrogens with zero attached hydrogens (tertiary/aromatic N) is 5. The Balaban J connectivity index is 2.25. The van der Waals surface area contributed by atoms with E-state index in [1.54, 1.807) is 6.26 Å². The number of thioether (sulfide) groups is 2. The van der Waals surface area contributed by atoms with Crippen LogP contribution in [-0.2, 0) is 30.6 Å². The second kappa shape index (κ2) is 14.5. The maximum absolute atomic E-state index is 12.9. The van der Waals surface area contributed by atoms with Crippen molar-refractivity contribution in [2.24, 2.45) is 5.73 Å². The van der Waals surface area contributed by atoms with E-state index in [1.807, 2.05) is 0 Å². The lowest BCUT2D eigenvalue weighted by Gasteiger charge is -2.18. The lowest BCUT2D eigenvalue weighted by molar-refractivity contribution is -0.139. The summed E-state index contributed by atoms with van der Waals surface area (Å²) in [5, 5.41) is 39.6. The first kappa shape index (κ1) is 30.0. The molecular weight excluding hydrogens is 536 g/mol. The monoisotopic (exact) mass is 562 g/mol. The van der Waals surface area contributed by atoms with Crippen molar-refractivity contribution in [3.8, 4) is 0 Å². The molecule has 7 N–H and O–H groups in total. The quantitative estimate of drug-likeness (QED) is 0.0877. The molecule has 0 spiro atoms. The molecule has 0 aliphatic heterocycles. The number of nitrogens with one attached hydrogen (secondary N) is 2. The highest BCUT2D eigenvalue weighted by atomic mass is 32.2. The standard InChI is InChI=1S/C18H26N8O9S2/c1-36-17-22-18-25(8-35-5-4-27)23-14(15(32)26(18)24-17)37-7-10(13(31)20-6-12(29)30)21-11(28)3-2-9(19)16(33)34/h9-10,27H,2-8,19H2,1H3,(H,20,31)(H,21,28)(H,29,30)(H,33,34)/t9-,10-/m0/s1. The van der Waals surface area contributed by atoms with Crippen LogP contribution in [0.4, 0.5) is 0 Å². The molecule has 0 radical (unpaired) electrons. The van der Waals surface area contributed by atoms with E-state index < -0.39 is 47.9 Å². The van der Waals surface area contributed by atoms with Crippen LogP contribution >= 0.6 is 23.5 Å². The summed E-state index contributed by atoms with van der Waals surface area (Å²) >= 11 is 1.97. The molecule has 2 aromatic heterocycles. The average Bonchev–Trinajstić information content (AvgIpc) is 3.30. The van der Waals surface area contributed by atoms with E-state index >= 15 is 0 Å². The Morgan fingerprint density at radius 1 is 1.22 bits per heavy atom. The molecule has 2 amide bonds. The van der Waals surface area contributed by atoms with Gasteiger partial charge < -0.3 is 36.4 Å². The summed E-state index contributed by atoms with van der Waals surface area (Å²) < 4.78 is 7.50. The van der Waals surface area contributed by atoms with Gasteiger partial charge in [-0.1, -0.05) is 23.5 Å². The van der Waals surface area contributed by atoms with Crippen molar-refractivity contribution in [2.45, 2.75) is 41.8 Å². The number of carbonyl (C=O) groups is 4. The number of carboxylic acid groups (broad SMARTS) is 2. The van der Waals surface area contributed by atoms with Crippen molar-refractivity contribution in [1.82, 2.24) is 35.0 Å². The molecule has 37 heavy (non-hydrogen) atoms. The molecular formula is C18H26N8O9S2. The van der Waals surface area contributed by atoms with Gasteiger partial charge in [-0.15, -0.1) is 5.10 Å². The number of amides is 2. The number of aromatic nitrogens is 5. The van der Waals surface area contributed by atoms with Crippen molar-refractivity contribution < 1.29 is 39.2 Å². The number of hydrogen-bond acceptors (Lipinski definition) is 13. The number of aliphatic hydroxyl groups excluding tert-OH is 1. The molecule has 0 saturated heterocycles. The van der Waals surface area contributed by atoms with Gasteiger partial charge >= 0.3 is 17.5 Å². The summed E-state index contributed by atoms with van der Waals surface area (Å²) in [6.45, 7) is -1.14. The van der Waals surface area contributed by atoms with Gasteiger partial charge in [0.1, 0.15) is 25.4 Å². The minimum Gasteiger partial charge on any atom is -0.480 e. The zero-order valence-corrected chi connectivity index (χ0v) is 21.2. The van der Waals surface area contributed by atoms with Gasteiger partial charge in [0.25, 0.3) is 5.78 Å². The van der Waals surface area contributed by atoms with Gasteiger partial charge in [0.2, 0.25) is 17.0 Å². The maximum atomic E-state index is 12.9. The van der Waals surface area contributed by atoms with E-state index in [0.29, 0.717) is 0 Å². The molecule has 2 atom stereocenters. The summed E-state index contributed by atoms with van der Waals surface area (Å²) in [7, 11) is 0. The fourth-order valence-electron chi connectivity index (χ4n) is 2.66. The van der Waals surface area contributed by atoms with Crippen molar-refractivity contribution in [3.63, 3.8) is 0 Å². The van der Waals surface area contributed by atoms with Crippen LogP contribution in [0.1, 0.15) is 12.8 Å². The lowest BCUT2D eigenvalue weighted by Crippen LogP contribution is -2.49. The smallest absolute Gasteiger partial charge is 0.322 e. The molecule has 2 aromatic rings. The molecule has 0 saturated carbocycles. The van der Waals surface area contributed by atoms with Crippen molar-refractivity contribution in [2.75, 3.05) is 31.8 Å². The highest BCUT2D eigenvalue weighted by Crippen LogP contribution is 2.15. The minimum absolute atomic E-state index is 0.00461. The number of carbonyl (C=O) groups excluding carboxylic acids is 2. The van der Waals surface area contributed by atoms with E-state index in [2.05, 4.69) is 25.8 Å². The fourth-order valence-corrected chi connectivity index (χ4v) is 3.93. The zero-order valence-electron chi connectivity index (χ0n) is 19.5. The van der Waals surface area contributed by atoms with Crippen LogP contribution in [0.2, 0.25) is 0 Å².